The third-order valence-electron chi connectivity index (χ3n) is 5.55. The van der Waals surface area contributed by atoms with E-state index >= 15 is 0 Å². The molecule has 0 radical (unpaired) electrons. The first kappa shape index (κ1) is 15.1. The summed E-state index contributed by atoms with van der Waals surface area (Å²) in [6.45, 7) is 4.16. The Morgan fingerprint density at radius 1 is 1.26 bits per heavy atom. The van der Waals surface area contributed by atoms with Crippen LogP contribution in [0.4, 0.5) is 0 Å². The number of carbonyl (C=O) groups is 1. The van der Waals surface area contributed by atoms with Crippen LogP contribution in [0.5, 0.6) is 0 Å². The maximum atomic E-state index is 13.3. The van der Waals surface area contributed by atoms with Gasteiger partial charge >= 0.3 is 0 Å². The fourth-order valence-corrected chi connectivity index (χ4v) is 4.11. The molecule has 1 amide bonds. The van der Waals surface area contributed by atoms with E-state index in [1.165, 1.54) is 12.8 Å². The Hall–Kier alpha value is -1.40. The second-order valence-corrected chi connectivity index (χ2v) is 7.01. The molecule has 1 saturated carbocycles. The summed E-state index contributed by atoms with van der Waals surface area (Å²) < 4.78 is 13.3. The molecule has 6 heteroatoms. The van der Waals surface area contributed by atoms with Crippen LogP contribution in [0.1, 0.15) is 25.7 Å². The van der Waals surface area contributed by atoms with Gasteiger partial charge < -0.3 is 14.4 Å². The van der Waals surface area contributed by atoms with E-state index in [0.717, 1.165) is 26.1 Å². The van der Waals surface area contributed by atoms with Crippen LogP contribution in [0.2, 0.25) is 0 Å². The molecule has 1 aromatic heterocycles. The number of amides is 1. The first-order valence-corrected chi connectivity index (χ1v) is 8.74. The molecular formula is C17H25N3O3. The fraction of sp³-hybridized carbons (Fsp3) is 0.765. The zero-order valence-corrected chi connectivity index (χ0v) is 13.5. The molecule has 0 spiro atoms. The number of nitrogens with zero attached hydrogens (tertiary/aromatic N) is 3. The molecule has 3 aliphatic rings. The van der Waals surface area contributed by atoms with Gasteiger partial charge in [-0.15, -0.1) is 0 Å². The highest BCUT2D eigenvalue weighted by molar-refractivity contribution is 5.83. The number of ether oxygens (including phenoxy) is 2. The Morgan fingerprint density at radius 3 is 2.78 bits per heavy atom. The molecule has 1 aromatic rings. The molecule has 6 nitrogen and oxygen atoms in total. The topological polar surface area (TPSA) is 56.6 Å². The Balaban J connectivity index is 1.44. The number of hydrogen-bond donors (Lipinski definition) is 0. The van der Waals surface area contributed by atoms with Gasteiger partial charge in [-0.25, -0.2) is 0 Å². The zero-order valence-electron chi connectivity index (χ0n) is 13.5. The average molecular weight is 319 g/mol. The van der Waals surface area contributed by atoms with Crippen molar-refractivity contribution in [2.45, 2.75) is 38.3 Å². The Kier molecular flexibility index (Phi) is 4.11. The van der Waals surface area contributed by atoms with Gasteiger partial charge in [0.2, 0.25) is 5.91 Å². The van der Waals surface area contributed by atoms with E-state index in [1.54, 1.807) is 6.20 Å². The van der Waals surface area contributed by atoms with E-state index in [-0.39, 0.29) is 11.5 Å². The van der Waals surface area contributed by atoms with Crippen molar-refractivity contribution < 1.29 is 14.3 Å². The quantitative estimate of drug-likeness (QED) is 0.840. The maximum Gasteiger partial charge on any atom is 0.229 e. The molecule has 2 aliphatic heterocycles. The number of aromatic nitrogens is 2. The summed E-state index contributed by atoms with van der Waals surface area (Å²) in [7, 11) is 0. The summed E-state index contributed by atoms with van der Waals surface area (Å²) in [5.41, 5.74) is -0.161. The van der Waals surface area contributed by atoms with Crippen molar-refractivity contribution in [3.8, 4) is 0 Å². The SMILES string of the molecule is O=C(N1CCOC(Cn2cccn2)C1)C1(C2CC2)CCOCC1. The predicted octanol–water partition coefficient (Wildman–Crippen LogP) is 1.32. The summed E-state index contributed by atoms with van der Waals surface area (Å²) in [6, 6.07) is 1.91. The maximum absolute atomic E-state index is 13.3. The van der Waals surface area contributed by atoms with Crippen molar-refractivity contribution in [2.24, 2.45) is 11.3 Å². The van der Waals surface area contributed by atoms with E-state index in [1.807, 2.05) is 21.8 Å². The van der Waals surface area contributed by atoms with Crippen LogP contribution in [0.15, 0.2) is 18.5 Å². The Bertz CT molecular complexity index is 535. The van der Waals surface area contributed by atoms with Gasteiger partial charge in [0.05, 0.1) is 24.7 Å². The lowest BCUT2D eigenvalue weighted by molar-refractivity contribution is -0.157. The van der Waals surface area contributed by atoms with E-state index in [9.17, 15) is 4.79 Å². The minimum atomic E-state index is -0.161. The first-order chi connectivity index (χ1) is 11.3. The van der Waals surface area contributed by atoms with E-state index < -0.39 is 0 Å². The van der Waals surface area contributed by atoms with Crippen molar-refractivity contribution in [1.29, 1.82) is 0 Å². The molecule has 0 bridgehead atoms. The van der Waals surface area contributed by atoms with Crippen molar-refractivity contribution in [1.82, 2.24) is 14.7 Å². The number of carbonyl (C=O) groups excluding carboxylic acids is 1. The van der Waals surface area contributed by atoms with Crippen molar-refractivity contribution in [3.05, 3.63) is 18.5 Å². The van der Waals surface area contributed by atoms with Crippen molar-refractivity contribution >= 4 is 5.91 Å². The summed E-state index contributed by atoms with van der Waals surface area (Å²) >= 11 is 0. The van der Waals surface area contributed by atoms with Gasteiger partial charge in [-0.3, -0.25) is 9.48 Å². The van der Waals surface area contributed by atoms with Crippen LogP contribution in [0.3, 0.4) is 0 Å². The molecule has 1 unspecified atom stereocenters. The highest BCUT2D eigenvalue weighted by Crippen LogP contribution is 2.52. The van der Waals surface area contributed by atoms with Crippen molar-refractivity contribution in [3.63, 3.8) is 0 Å². The normalized spacial score (nSPS) is 27.8. The lowest BCUT2D eigenvalue weighted by atomic mass is 9.74. The third-order valence-corrected chi connectivity index (χ3v) is 5.55. The molecule has 1 aliphatic carbocycles. The molecule has 3 heterocycles. The largest absolute Gasteiger partial charge is 0.381 e. The third kappa shape index (κ3) is 3.02. The summed E-state index contributed by atoms with van der Waals surface area (Å²) in [5.74, 6) is 0.920. The van der Waals surface area contributed by atoms with Crippen LogP contribution in [0, 0.1) is 11.3 Å². The van der Waals surface area contributed by atoms with E-state index in [2.05, 4.69) is 5.10 Å². The average Bonchev–Trinajstić information content (AvgIpc) is 3.34. The lowest BCUT2D eigenvalue weighted by Gasteiger charge is -2.42. The highest BCUT2D eigenvalue weighted by atomic mass is 16.5. The number of rotatable bonds is 4. The zero-order chi connectivity index (χ0) is 15.7. The minimum Gasteiger partial charge on any atom is -0.381 e. The number of hydrogen-bond acceptors (Lipinski definition) is 4. The van der Waals surface area contributed by atoms with Crippen LogP contribution in [0.25, 0.3) is 0 Å². The number of morpholine rings is 1. The van der Waals surface area contributed by atoms with E-state index in [0.29, 0.717) is 38.1 Å². The van der Waals surface area contributed by atoms with Crippen LogP contribution >= 0.6 is 0 Å². The van der Waals surface area contributed by atoms with Gasteiger partial charge in [0, 0.05) is 38.7 Å². The van der Waals surface area contributed by atoms with E-state index in [4.69, 9.17) is 9.47 Å². The summed E-state index contributed by atoms with van der Waals surface area (Å²) in [6.07, 6.45) is 7.92. The van der Waals surface area contributed by atoms with Crippen LogP contribution in [-0.4, -0.2) is 59.6 Å². The molecule has 1 atom stereocenters. The van der Waals surface area contributed by atoms with Gasteiger partial charge in [0.15, 0.2) is 0 Å². The highest BCUT2D eigenvalue weighted by Gasteiger charge is 2.53. The van der Waals surface area contributed by atoms with Gasteiger partial charge in [0.25, 0.3) is 0 Å². The molecule has 23 heavy (non-hydrogen) atoms. The molecule has 0 N–H and O–H groups in total. The Morgan fingerprint density at radius 2 is 2.09 bits per heavy atom. The lowest BCUT2D eigenvalue weighted by Crippen LogP contribution is -2.54. The second-order valence-electron chi connectivity index (χ2n) is 7.01. The first-order valence-electron chi connectivity index (χ1n) is 8.74. The second kappa shape index (κ2) is 6.24. The van der Waals surface area contributed by atoms with Gasteiger partial charge in [-0.1, -0.05) is 0 Å². The minimum absolute atomic E-state index is 0.0312. The smallest absolute Gasteiger partial charge is 0.229 e. The molecule has 4 rings (SSSR count). The summed E-state index contributed by atoms with van der Waals surface area (Å²) in [4.78, 5) is 15.3. The molecular weight excluding hydrogens is 294 g/mol. The van der Waals surface area contributed by atoms with Crippen LogP contribution in [-0.2, 0) is 20.8 Å². The monoisotopic (exact) mass is 319 g/mol. The Labute approximate surface area is 136 Å². The van der Waals surface area contributed by atoms with Crippen LogP contribution < -0.4 is 0 Å². The van der Waals surface area contributed by atoms with Gasteiger partial charge in [-0.05, 0) is 37.7 Å². The predicted molar refractivity (Wildman–Crippen MR) is 83.8 cm³/mol. The fourth-order valence-electron chi connectivity index (χ4n) is 4.11. The standard InChI is InChI=1S/C17H25N3O3/c21-16(17(14-2-3-14)4-9-22-10-5-17)19-8-11-23-15(12-19)13-20-7-1-6-18-20/h1,6-7,14-15H,2-5,8-13H2. The summed E-state index contributed by atoms with van der Waals surface area (Å²) in [5, 5.41) is 4.24. The van der Waals surface area contributed by atoms with Crippen molar-refractivity contribution in [2.75, 3.05) is 32.9 Å². The van der Waals surface area contributed by atoms with Gasteiger partial charge in [0.1, 0.15) is 0 Å². The van der Waals surface area contributed by atoms with Gasteiger partial charge in [-0.2, -0.15) is 5.10 Å². The molecule has 2 saturated heterocycles. The molecule has 3 fully saturated rings. The molecule has 0 aromatic carbocycles. The molecule has 126 valence electrons.